The number of rotatable bonds is 2. The van der Waals surface area contributed by atoms with E-state index in [0.717, 1.165) is 25.9 Å². The summed E-state index contributed by atoms with van der Waals surface area (Å²) in [6, 6.07) is 6.34. The molecule has 0 spiro atoms. The van der Waals surface area contributed by atoms with Gasteiger partial charge in [0.05, 0.1) is 15.7 Å². The monoisotopic (exact) mass is 227 g/mol. The molecule has 1 aromatic rings. The molecule has 1 heterocycles. The Balaban J connectivity index is 2.16. The van der Waals surface area contributed by atoms with Gasteiger partial charge in [0, 0.05) is 5.25 Å². The molecular weight excluding hydrogens is 213 g/mol. The van der Waals surface area contributed by atoms with Gasteiger partial charge in [-0.25, -0.2) is 4.39 Å². The molecule has 0 bridgehead atoms. The number of hydrogen-bond donors (Lipinski definition) is 1. The highest BCUT2D eigenvalue weighted by molar-refractivity contribution is 7.85. The summed E-state index contributed by atoms with van der Waals surface area (Å²) >= 11 is 0. The van der Waals surface area contributed by atoms with Crippen LogP contribution in [0.4, 0.5) is 4.39 Å². The van der Waals surface area contributed by atoms with E-state index in [1.807, 2.05) is 0 Å². The Bertz CT molecular complexity index is 363. The van der Waals surface area contributed by atoms with Crippen LogP contribution in [0.1, 0.15) is 12.8 Å². The third-order valence-electron chi connectivity index (χ3n) is 2.64. The molecule has 0 saturated carbocycles. The minimum Gasteiger partial charge on any atom is -0.317 e. The number of halogens is 1. The van der Waals surface area contributed by atoms with Crippen molar-refractivity contribution in [2.45, 2.75) is 23.0 Å². The molecule has 1 aliphatic heterocycles. The number of benzene rings is 1. The molecule has 1 unspecified atom stereocenters. The fraction of sp³-hybridized carbons (Fsp3) is 0.455. The normalized spacial score (nSPS) is 20.1. The fourth-order valence-corrected chi connectivity index (χ4v) is 3.29. The summed E-state index contributed by atoms with van der Waals surface area (Å²) in [5.74, 6) is -0.352. The van der Waals surface area contributed by atoms with Crippen molar-refractivity contribution < 1.29 is 8.60 Å². The molecule has 1 aliphatic rings. The van der Waals surface area contributed by atoms with Crippen molar-refractivity contribution in [3.63, 3.8) is 0 Å². The van der Waals surface area contributed by atoms with Gasteiger partial charge in [0.1, 0.15) is 5.82 Å². The first-order valence-electron chi connectivity index (χ1n) is 5.15. The Morgan fingerprint density at radius 3 is 2.60 bits per heavy atom. The maximum Gasteiger partial charge on any atom is 0.139 e. The Labute approximate surface area is 91.3 Å². The Morgan fingerprint density at radius 2 is 1.93 bits per heavy atom. The first-order chi connectivity index (χ1) is 7.29. The Morgan fingerprint density at radius 1 is 1.27 bits per heavy atom. The summed E-state index contributed by atoms with van der Waals surface area (Å²) < 4.78 is 25.5. The Kier molecular flexibility index (Phi) is 3.49. The second-order valence-electron chi connectivity index (χ2n) is 3.68. The van der Waals surface area contributed by atoms with Crippen LogP contribution >= 0.6 is 0 Å². The molecule has 2 nitrogen and oxygen atoms in total. The van der Waals surface area contributed by atoms with Gasteiger partial charge < -0.3 is 5.32 Å². The Hall–Kier alpha value is -0.740. The maximum atomic E-state index is 13.4. The zero-order valence-electron chi connectivity index (χ0n) is 8.41. The molecule has 0 aromatic heterocycles. The summed E-state index contributed by atoms with van der Waals surface area (Å²) in [4.78, 5) is 0.351. The van der Waals surface area contributed by atoms with Crippen molar-refractivity contribution >= 4 is 10.8 Å². The number of hydrogen-bond acceptors (Lipinski definition) is 2. The molecule has 0 aliphatic carbocycles. The lowest BCUT2D eigenvalue weighted by Gasteiger charge is -2.22. The zero-order chi connectivity index (χ0) is 10.7. The lowest BCUT2D eigenvalue weighted by molar-refractivity contribution is 0.516. The van der Waals surface area contributed by atoms with Crippen molar-refractivity contribution in [2.24, 2.45) is 0 Å². The molecule has 15 heavy (non-hydrogen) atoms. The van der Waals surface area contributed by atoms with E-state index in [0.29, 0.717) is 4.90 Å². The molecular formula is C11H14FNOS. The molecule has 1 atom stereocenters. The SMILES string of the molecule is O=S(c1ccccc1F)C1CCNCC1. The maximum absolute atomic E-state index is 13.4. The highest BCUT2D eigenvalue weighted by Gasteiger charge is 2.22. The van der Waals surface area contributed by atoms with E-state index in [4.69, 9.17) is 0 Å². The van der Waals surface area contributed by atoms with Crippen LogP contribution in [0.25, 0.3) is 0 Å². The van der Waals surface area contributed by atoms with Crippen LogP contribution in [0.15, 0.2) is 29.2 Å². The third-order valence-corrected chi connectivity index (χ3v) is 4.48. The predicted octanol–water partition coefficient (Wildman–Crippen LogP) is 1.69. The lowest BCUT2D eigenvalue weighted by atomic mass is 10.2. The van der Waals surface area contributed by atoms with E-state index >= 15 is 0 Å². The van der Waals surface area contributed by atoms with Crippen molar-refractivity contribution in [1.82, 2.24) is 5.32 Å². The average Bonchev–Trinajstić information content (AvgIpc) is 2.30. The molecule has 1 saturated heterocycles. The van der Waals surface area contributed by atoms with Gasteiger partial charge in [0.2, 0.25) is 0 Å². The fourth-order valence-electron chi connectivity index (χ4n) is 1.80. The molecule has 4 heteroatoms. The molecule has 1 N–H and O–H groups in total. The van der Waals surface area contributed by atoms with Crippen LogP contribution in [0.2, 0.25) is 0 Å². The van der Waals surface area contributed by atoms with Gasteiger partial charge in [0.15, 0.2) is 0 Å². The summed E-state index contributed by atoms with van der Waals surface area (Å²) in [5.41, 5.74) is 0. The highest BCUT2D eigenvalue weighted by atomic mass is 32.2. The van der Waals surface area contributed by atoms with E-state index in [2.05, 4.69) is 5.32 Å². The number of nitrogens with one attached hydrogen (secondary N) is 1. The van der Waals surface area contributed by atoms with Crippen LogP contribution in [-0.4, -0.2) is 22.5 Å². The molecule has 82 valence electrons. The van der Waals surface area contributed by atoms with Crippen LogP contribution < -0.4 is 5.32 Å². The average molecular weight is 227 g/mol. The van der Waals surface area contributed by atoms with Gasteiger partial charge in [-0.2, -0.15) is 0 Å². The standard InChI is InChI=1S/C11H14FNOS/c12-10-3-1-2-4-11(10)15(14)9-5-7-13-8-6-9/h1-4,9,13H,5-8H2. The van der Waals surface area contributed by atoms with Crippen LogP contribution in [0.3, 0.4) is 0 Å². The quantitative estimate of drug-likeness (QED) is 0.833. The minimum absolute atomic E-state index is 0.100. The van der Waals surface area contributed by atoms with Crippen molar-refractivity contribution in [2.75, 3.05) is 13.1 Å². The second kappa shape index (κ2) is 4.86. The molecule has 2 rings (SSSR count). The van der Waals surface area contributed by atoms with E-state index in [1.54, 1.807) is 18.2 Å². The minimum atomic E-state index is -1.20. The van der Waals surface area contributed by atoms with Gasteiger partial charge in [-0.05, 0) is 38.1 Å². The van der Waals surface area contributed by atoms with E-state index in [1.165, 1.54) is 6.07 Å². The topological polar surface area (TPSA) is 29.1 Å². The first-order valence-corrected chi connectivity index (χ1v) is 6.36. The summed E-state index contributed by atoms with van der Waals surface area (Å²) in [7, 11) is -1.20. The smallest absolute Gasteiger partial charge is 0.139 e. The van der Waals surface area contributed by atoms with E-state index < -0.39 is 10.8 Å². The predicted molar refractivity (Wildman–Crippen MR) is 58.7 cm³/mol. The van der Waals surface area contributed by atoms with Gasteiger partial charge in [-0.15, -0.1) is 0 Å². The second-order valence-corrected chi connectivity index (χ2v) is 5.38. The van der Waals surface area contributed by atoms with Crippen molar-refractivity contribution in [1.29, 1.82) is 0 Å². The van der Waals surface area contributed by atoms with Crippen LogP contribution in [-0.2, 0) is 10.8 Å². The van der Waals surface area contributed by atoms with Gasteiger partial charge in [-0.1, -0.05) is 12.1 Å². The summed E-state index contributed by atoms with van der Waals surface area (Å²) in [6.07, 6.45) is 1.72. The van der Waals surface area contributed by atoms with Crippen LogP contribution in [0.5, 0.6) is 0 Å². The lowest BCUT2D eigenvalue weighted by Crippen LogP contribution is -2.33. The first kappa shape index (κ1) is 10.8. The third kappa shape index (κ3) is 2.44. The highest BCUT2D eigenvalue weighted by Crippen LogP contribution is 2.20. The van der Waals surface area contributed by atoms with Gasteiger partial charge >= 0.3 is 0 Å². The zero-order valence-corrected chi connectivity index (χ0v) is 9.23. The molecule has 0 amide bonds. The van der Waals surface area contributed by atoms with E-state index in [9.17, 15) is 8.60 Å². The van der Waals surface area contributed by atoms with E-state index in [-0.39, 0.29) is 11.1 Å². The summed E-state index contributed by atoms with van der Waals surface area (Å²) in [5, 5.41) is 3.31. The molecule has 1 fully saturated rings. The molecule has 0 radical (unpaired) electrons. The largest absolute Gasteiger partial charge is 0.317 e. The van der Waals surface area contributed by atoms with Crippen molar-refractivity contribution in [3.05, 3.63) is 30.1 Å². The number of piperidine rings is 1. The van der Waals surface area contributed by atoms with Crippen molar-refractivity contribution in [3.8, 4) is 0 Å². The van der Waals surface area contributed by atoms with Gasteiger partial charge in [0.25, 0.3) is 0 Å². The van der Waals surface area contributed by atoms with Crippen LogP contribution in [0, 0.1) is 5.82 Å². The molecule has 1 aromatic carbocycles. The van der Waals surface area contributed by atoms with Gasteiger partial charge in [-0.3, -0.25) is 4.21 Å². The summed E-state index contributed by atoms with van der Waals surface area (Å²) in [6.45, 7) is 1.76.